The van der Waals surface area contributed by atoms with Crippen LogP contribution in [0.5, 0.6) is 0 Å². The molecule has 0 radical (unpaired) electrons. The first kappa shape index (κ1) is 32.8. The number of carbonyl (C=O) groups is 2. The van der Waals surface area contributed by atoms with Crippen molar-refractivity contribution in [2.24, 2.45) is 23.7 Å². The zero-order chi connectivity index (χ0) is 24.1. The van der Waals surface area contributed by atoms with E-state index in [1.807, 2.05) is 6.92 Å². The second-order valence-corrected chi connectivity index (χ2v) is 10.9. The van der Waals surface area contributed by atoms with Gasteiger partial charge in [-0.05, 0) is 43.9 Å². The zero-order valence-electron chi connectivity index (χ0n) is 21.3. The van der Waals surface area contributed by atoms with Gasteiger partial charge in [-0.3, -0.25) is 9.59 Å². The molecule has 0 saturated heterocycles. The van der Waals surface area contributed by atoms with Crippen molar-refractivity contribution in [3.05, 3.63) is 0 Å². The van der Waals surface area contributed by atoms with Gasteiger partial charge in [-0.15, -0.1) is 0 Å². The topological polar surface area (TPSA) is 110 Å². The maximum absolute atomic E-state index is 12.9. The average Bonchev–Trinajstić information content (AvgIpc) is 2.77. The summed E-state index contributed by atoms with van der Waals surface area (Å²) in [5.41, 5.74) is 0. The normalized spacial score (nSPS) is 22.6. The minimum atomic E-state index is -4.54. The number of hydrogen-bond donors (Lipinski definition) is 0. The molecule has 5 unspecified atom stereocenters. The molecule has 1 saturated carbocycles. The molecule has 0 heterocycles. The molecule has 0 aromatic heterocycles. The number of carbonyl (C=O) groups excluding carboxylic acids is 2. The van der Waals surface area contributed by atoms with Crippen molar-refractivity contribution in [3.8, 4) is 0 Å². The average molecular weight is 499 g/mol. The number of esters is 2. The molecule has 1 fully saturated rings. The van der Waals surface area contributed by atoms with Gasteiger partial charge in [0.1, 0.15) is 0 Å². The second-order valence-electron chi connectivity index (χ2n) is 9.23. The van der Waals surface area contributed by atoms with Gasteiger partial charge in [0.2, 0.25) is 0 Å². The fraction of sp³-hybridized carbons (Fsp3) is 0.917. The predicted molar refractivity (Wildman–Crippen MR) is 123 cm³/mol. The zero-order valence-corrected chi connectivity index (χ0v) is 24.2. The molecule has 0 N–H and O–H groups in total. The Morgan fingerprint density at radius 2 is 1.30 bits per heavy atom. The van der Waals surface area contributed by atoms with Crippen LogP contribution in [0.3, 0.4) is 0 Å². The molecule has 0 aromatic rings. The Labute approximate surface area is 223 Å². The van der Waals surface area contributed by atoms with E-state index in [1.54, 1.807) is 0 Å². The summed E-state index contributed by atoms with van der Waals surface area (Å²) < 4.78 is 45.9. The molecule has 33 heavy (non-hydrogen) atoms. The van der Waals surface area contributed by atoms with Crippen LogP contribution >= 0.6 is 0 Å². The molecule has 0 amide bonds. The van der Waals surface area contributed by atoms with E-state index in [-0.39, 0.29) is 67.3 Å². The first-order valence-electron chi connectivity index (χ1n) is 12.5. The van der Waals surface area contributed by atoms with Crippen molar-refractivity contribution in [1.29, 1.82) is 0 Å². The van der Waals surface area contributed by atoms with Gasteiger partial charge in [0.15, 0.2) is 0 Å². The van der Waals surface area contributed by atoms with E-state index in [9.17, 15) is 22.6 Å². The summed E-state index contributed by atoms with van der Waals surface area (Å²) in [5, 5.41) is -1.17. The first-order valence-corrected chi connectivity index (χ1v) is 13.9. The first-order chi connectivity index (χ1) is 15.2. The number of rotatable bonds is 15. The summed E-state index contributed by atoms with van der Waals surface area (Å²) in [7, 11) is -4.54. The van der Waals surface area contributed by atoms with Crippen LogP contribution in [-0.2, 0) is 29.2 Å². The minimum Gasteiger partial charge on any atom is -0.748 e. The molecule has 1 aliphatic rings. The summed E-state index contributed by atoms with van der Waals surface area (Å²) in [6.45, 7) is 8.86. The van der Waals surface area contributed by atoms with Crippen LogP contribution < -0.4 is 29.6 Å². The maximum Gasteiger partial charge on any atom is 1.00 e. The van der Waals surface area contributed by atoms with Crippen LogP contribution in [-0.4, -0.2) is 43.4 Å². The van der Waals surface area contributed by atoms with Crippen molar-refractivity contribution in [1.82, 2.24) is 0 Å². The van der Waals surface area contributed by atoms with E-state index in [0.717, 1.165) is 51.4 Å². The van der Waals surface area contributed by atoms with Crippen LogP contribution in [0.25, 0.3) is 0 Å². The molecular weight excluding hydrogens is 455 g/mol. The molecule has 0 spiro atoms. The van der Waals surface area contributed by atoms with Crippen LogP contribution in [0.2, 0.25) is 0 Å². The third-order valence-corrected chi connectivity index (χ3v) is 8.07. The smallest absolute Gasteiger partial charge is 0.748 e. The molecule has 188 valence electrons. The molecule has 1 rings (SSSR count). The Kier molecular flexibility index (Phi) is 17.2. The maximum atomic E-state index is 12.9. The summed E-state index contributed by atoms with van der Waals surface area (Å²) in [6.07, 6.45) is 7.96. The fourth-order valence-electron chi connectivity index (χ4n) is 4.35. The van der Waals surface area contributed by atoms with Crippen molar-refractivity contribution in [2.75, 3.05) is 13.2 Å². The van der Waals surface area contributed by atoms with Crippen LogP contribution in [0.15, 0.2) is 0 Å². The Hall–Kier alpha value is -0.150. The van der Waals surface area contributed by atoms with Crippen molar-refractivity contribution < 1.29 is 61.6 Å². The summed E-state index contributed by atoms with van der Waals surface area (Å²) in [6, 6.07) is 0. The SMILES string of the molecule is CCCCC(CC)COC(=O)C1CCC(S(=O)(=O)[O-])CC1C(=O)OCC(CC)CCCC.[Na+]. The second kappa shape index (κ2) is 17.3. The Bertz CT molecular complexity index is 668. The molecule has 0 bridgehead atoms. The molecule has 0 aliphatic heterocycles. The minimum absolute atomic E-state index is 0. The standard InChI is InChI=1S/C24H44O7S.Na/c1-5-9-11-18(7-3)16-30-23(25)21-14-13-20(32(27,28)29)15-22(21)24(26)31-17-19(8-4)12-10-6-2;/h18-22H,5-17H2,1-4H3,(H,27,28,29);/q;+1/p-1. The van der Waals surface area contributed by atoms with E-state index in [2.05, 4.69) is 20.8 Å². The van der Waals surface area contributed by atoms with Gasteiger partial charge in [0, 0.05) is 0 Å². The van der Waals surface area contributed by atoms with Gasteiger partial charge in [-0.1, -0.05) is 66.2 Å². The molecule has 7 nitrogen and oxygen atoms in total. The molecular formula is C24H43NaO7S. The molecule has 5 atom stereocenters. The van der Waals surface area contributed by atoms with Gasteiger partial charge < -0.3 is 14.0 Å². The van der Waals surface area contributed by atoms with E-state index < -0.39 is 39.1 Å². The third-order valence-electron chi connectivity index (χ3n) is 6.83. The Balaban J connectivity index is 0.0000102. The molecule has 1 aliphatic carbocycles. The number of unbranched alkanes of at least 4 members (excludes halogenated alkanes) is 2. The Morgan fingerprint density at radius 3 is 1.70 bits per heavy atom. The van der Waals surface area contributed by atoms with Crippen LogP contribution in [0.4, 0.5) is 0 Å². The van der Waals surface area contributed by atoms with Crippen LogP contribution in [0, 0.1) is 23.7 Å². The van der Waals surface area contributed by atoms with Gasteiger partial charge in [-0.2, -0.15) is 0 Å². The van der Waals surface area contributed by atoms with Crippen molar-refractivity contribution >= 4 is 22.1 Å². The Morgan fingerprint density at radius 1 is 0.848 bits per heavy atom. The van der Waals surface area contributed by atoms with Gasteiger partial charge >= 0.3 is 41.5 Å². The van der Waals surface area contributed by atoms with Gasteiger partial charge in [0.25, 0.3) is 0 Å². The van der Waals surface area contributed by atoms with Crippen LogP contribution in [0.1, 0.15) is 98.3 Å². The van der Waals surface area contributed by atoms with E-state index in [0.29, 0.717) is 6.61 Å². The van der Waals surface area contributed by atoms with Crippen molar-refractivity contribution in [3.63, 3.8) is 0 Å². The summed E-state index contributed by atoms with van der Waals surface area (Å²) in [4.78, 5) is 25.7. The summed E-state index contributed by atoms with van der Waals surface area (Å²) >= 11 is 0. The van der Waals surface area contributed by atoms with E-state index in [1.165, 1.54) is 0 Å². The molecule has 0 aromatic carbocycles. The largest absolute Gasteiger partial charge is 1.00 e. The fourth-order valence-corrected chi connectivity index (χ4v) is 5.21. The van der Waals surface area contributed by atoms with E-state index >= 15 is 0 Å². The quantitative estimate of drug-likeness (QED) is 0.192. The number of hydrogen-bond acceptors (Lipinski definition) is 7. The predicted octanol–water partition coefficient (Wildman–Crippen LogP) is 1.84. The number of ether oxygens (including phenoxy) is 2. The van der Waals surface area contributed by atoms with Crippen molar-refractivity contribution in [2.45, 2.75) is 104 Å². The summed E-state index contributed by atoms with van der Waals surface area (Å²) in [5.74, 6) is -2.29. The third kappa shape index (κ3) is 11.9. The molecule has 9 heteroatoms. The monoisotopic (exact) mass is 498 g/mol. The van der Waals surface area contributed by atoms with E-state index in [4.69, 9.17) is 9.47 Å². The van der Waals surface area contributed by atoms with Gasteiger partial charge in [-0.25, -0.2) is 8.42 Å². The van der Waals surface area contributed by atoms with Gasteiger partial charge in [0.05, 0.1) is 40.4 Å².